The SMILES string of the molecule is CCC(OC(=O)[C@@H]1CCCN1C(=O)/C(C)=C/[C@H](C(C)C)N(C)C(=O)C(NC(=O)[C@H]1CCCCN1C)C(C)C)c1ccccc1. The van der Waals surface area contributed by atoms with Gasteiger partial charge in [0.1, 0.15) is 18.2 Å². The second-order valence-electron chi connectivity index (χ2n) is 13.2. The Balaban J connectivity index is 1.73. The Morgan fingerprint density at radius 1 is 0.977 bits per heavy atom. The summed E-state index contributed by atoms with van der Waals surface area (Å²) >= 11 is 0. The third-order valence-corrected chi connectivity index (χ3v) is 9.13. The van der Waals surface area contributed by atoms with E-state index in [0.717, 1.165) is 37.8 Å². The monoisotopic (exact) mass is 610 g/mol. The molecular weight excluding hydrogens is 556 g/mol. The van der Waals surface area contributed by atoms with Crippen molar-refractivity contribution in [3.63, 3.8) is 0 Å². The van der Waals surface area contributed by atoms with Crippen LogP contribution < -0.4 is 5.32 Å². The van der Waals surface area contributed by atoms with Gasteiger partial charge in [-0.25, -0.2) is 4.79 Å². The standard InChI is InChI=1S/C35H54N4O5/c1-9-30(26-16-11-10-12-17-26)44-35(43)28-19-15-21-39(28)33(41)25(6)22-29(23(2)3)38(8)34(42)31(24(4)5)36-32(40)27-18-13-14-20-37(27)7/h10-12,16-17,22-24,27-31H,9,13-15,18-21H2,1-8H3,(H,36,40)/b25-22+/t27-,28+,29-,30?,31?/m1/s1. The van der Waals surface area contributed by atoms with Gasteiger partial charge in [-0.3, -0.25) is 19.3 Å². The molecule has 2 unspecified atom stereocenters. The zero-order valence-electron chi connectivity index (χ0n) is 28.0. The van der Waals surface area contributed by atoms with Crippen LogP contribution in [0, 0.1) is 11.8 Å². The molecule has 3 rings (SSSR count). The van der Waals surface area contributed by atoms with Gasteiger partial charge in [0.2, 0.25) is 17.7 Å². The Bertz CT molecular complexity index is 1170. The van der Waals surface area contributed by atoms with Crippen LogP contribution in [0.5, 0.6) is 0 Å². The van der Waals surface area contributed by atoms with E-state index in [-0.39, 0.29) is 53.7 Å². The number of esters is 1. The van der Waals surface area contributed by atoms with Crippen molar-refractivity contribution in [3.05, 3.63) is 47.5 Å². The summed E-state index contributed by atoms with van der Waals surface area (Å²) in [5.41, 5.74) is 1.41. The average molecular weight is 611 g/mol. The third kappa shape index (κ3) is 8.71. The highest BCUT2D eigenvalue weighted by molar-refractivity contribution is 5.96. The van der Waals surface area contributed by atoms with Crippen LogP contribution in [-0.2, 0) is 23.9 Å². The maximum absolute atomic E-state index is 13.8. The van der Waals surface area contributed by atoms with Gasteiger partial charge in [-0.15, -0.1) is 0 Å². The van der Waals surface area contributed by atoms with Gasteiger partial charge in [-0.05, 0) is 70.0 Å². The van der Waals surface area contributed by atoms with Gasteiger partial charge in [0.05, 0.1) is 12.1 Å². The molecule has 0 aliphatic carbocycles. The summed E-state index contributed by atoms with van der Waals surface area (Å²) in [6.07, 6.45) is 6.24. The van der Waals surface area contributed by atoms with Gasteiger partial charge in [-0.1, -0.05) is 77.4 Å². The van der Waals surface area contributed by atoms with Crippen LogP contribution in [0.1, 0.15) is 91.7 Å². The van der Waals surface area contributed by atoms with Crippen molar-refractivity contribution < 1.29 is 23.9 Å². The van der Waals surface area contributed by atoms with E-state index in [1.807, 2.05) is 78.1 Å². The lowest BCUT2D eigenvalue weighted by Crippen LogP contribution is -2.57. The van der Waals surface area contributed by atoms with Gasteiger partial charge in [0.25, 0.3) is 0 Å². The fraction of sp³-hybridized carbons (Fsp3) is 0.657. The Kier molecular flexibility index (Phi) is 13.0. The fourth-order valence-corrected chi connectivity index (χ4v) is 6.37. The Hall–Kier alpha value is -3.20. The van der Waals surface area contributed by atoms with E-state index >= 15 is 0 Å². The van der Waals surface area contributed by atoms with E-state index in [1.54, 1.807) is 23.8 Å². The molecule has 0 aromatic heterocycles. The van der Waals surface area contributed by atoms with Crippen molar-refractivity contribution in [2.24, 2.45) is 11.8 Å². The predicted octanol–water partition coefficient (Wildman–Crippen LogP) is 4.73. The Morgan fingerprint density at radius 2 is 1.64 bits per heavy atom. The van der Waals surface area contributed by atoms with E-state index < -0.39 is 12.1 Å². The molecule has 0 saturated carbocycles. The minimum absolute atomic E-state index is 0.00946. The highest BCUT2D eigenvalue weighted by Crippen LogP contribution is 2.27. The second-order valence-corrected chi connectivity index (χ2v) is 13.2. The molecule has 3 amide bonds. The number of hydrogen-bond donors (Lipinski definition) is 1. The first-order valence-electron chi connectivity index (χ1n) is 16.4. The molecule has 5 atom stereocenters. The number of nitrogens with zero attached hydrogens (tertiary/aromatic N) is 3. The maximum Gasteiger partial charge on any atom is 0.329 e. The molecule has 2 fully saturated rings. The first-order chi connectivity index (χ1) is 20.9. The van der Waals surface area contributed by atoms with Crippen molar-refractivity contribution in [1.82, 2.24) is 20.0 Å². The van der Waals surface area contributed by atoms with E-state index in [2.05, 4.69) is 10.2 Å². The largest absolute Gasteiger partial charge is 0.456 e. The number of ether oxygens (including phenoxy) is 1. The topological polar surface area (TPSA) is 99.3 Å². The van der Waals surface area contributed by atoms with Crippen LogP contribution in [0.15, 0.2) is 42.0 Å². The van der Waals surface area contributed by atoms with Crippen molar-refractivity contribution >= 4 is 23.7 Å². The maximum atomic E-state index is 13.8. The van der Waals surface area contributed by atoms with Crippen molar-refractivity contribution in [2.75, 3.05) is 27.2 Å². The van der Waals surface area contributed by atoms with Crippen LogP contribution in [0.2, 0.25) is 0 Å². The van der Waals surface area contributed by atoms with E-state index in [0.29, 0.717) is 25.0 Å². The lowest BCUT2D eigenvalue weighted by Gasteiger charge is -2.36. The quantitative estimate of drug-likeness (QED) is 0.272. The van der Waals surface area contributed by atoms with Gasteiger partial charge >= 0.3 is 5.97 Å². The van der Waals surface area contributed by atoms with Crippen LogP contribution in [-0.4, -0.2) is 89.7 Å². The molecule has 0 bridgehead atoms. The zero-order valence-corrected chi connectivity index (χ0v) is 28.0. The highest BCUT2D eigenvalue weighted by atomic mass is 16.5. The summed E-state index contributed by atoms with van der Waals surface area (Å²) in [4.78, 5) is 59.4. The number of carbonyl (C=O) groups is 4. The zero-order chi connectivity index (χ0) is 32.6. The van der Waals surface area contributed by atoms with Crippen LogP contribution >= 0.6 is 0 Å². The van der Waals surface area contributed by atoms with Crippen LogP contribution in [0.4, 0.5) is 0 Å². The minimum atomic E-state index is -0.678. The molecule has 44 heavy (non-hydrogen) atoms. The average Bonchev–Trinajstić information content (AvgIpc) is 3.50. The molecule has 2 heterocycles. The van der Waals surface area contributed by atoms with Crippen molar-refractivity contribution in [1.29, 1.82) is 0 Å². The molecule has 1 aromatic rings. The third-order valence-electron chi connectivity index (χ3n) is 9.13. The normalized spacial score (nSPS) is 21.6. The van der Waals surface area contributed by atoms with Gasteiger partial charge < -0.3 is 19.9 Å². The van der Waals surface area contributed by atoms with E-state index in [4.69, 9.17) is 4.74 Å². The molecule has 2 saturated heterocycles. The number of amides is 3. The predicted molar refractivity (Wildman–Crippen MR) is 172 cm³/mol. The van der Waals surface area contributed by atoms with E-state index in [1.165, 1.54) is 0 Å². The molecule has 2 aliphatic heterocycles. The summed E-state index contributed by atoms with van der Waals surface area (Å²) in [6, 6.07) is 7.73. The number of likely N-dealkylation sites (tertiary alicyclic amines) is 2. The Morgan fingerprint density at radius 3 is 2.23 bits per heavy atom. The number of nitrogens with one attached hydrogen (secondary N) is 1. The van der Waals surface area contributed by atoms with Crippen molar-refractivity contribution in [3.8, 4) is 0 Å². The molecule has 0 spiro atoms. The van der Waals surface area contributed by atoms with Gasteiger partial charge in [-0.2, -0.15) is 0 Å². The smallest absolute Gasteiger partial charge is 0.329 e. The summed E-state index contributed by atoms with van der Waals surface area (Å²) in [6.45, 7) is 12.9. The summed E-state index contributed by atoms with van der Waals surface area (Å²) in [5.74, 6) is -1.00. The first-order valence-corrected chi connectivity index (χ1v) is 16.4. The van der Waals surface area contributed by atoms with E-state index in [9.17, 15) is 19.2 Å². The lowest BCUT2D eigenvalue weighted by atomic mass is 9.96. The molecule has 1 aromatic carbocycles. The molecule has 9 nitrogen and oxygen atoms in total. The molecule has 0 radical (unpaired) electrons. The number of hydrogen-bond acceptors (Lipinski definition) is 6. The summed E-state index contributed by atoms with van der Waals surface area (Å²) in [5, 5.41) is 3.04. The number of piperidine rings is 1. The fourth-order valence-electron chi connectivity index (χ4n) is 6.37. The highest BCUT2D eigenvalue weighted by Gasteiger charge is 2.38. The molecular formula is C35H54N4O5. The summed E-state index contributed by atoms with van der Waals surface area (Å²) < 4.78 is 5.91. The lowest BCUT2D eigenvalue weighted by molar-refractivity contribution is -0.157. The number of likely N-dealkylation sites (N-methyl/N-ethyl adjacent to an activating group) is 2. The molecule has 9 heteroatoms. The number of carbonyl (C=O) groups excluding carboxylic acids is 4. The van der Waals surface area contributed by atoms with Crippen molar-refractivity contribution in [2.45, 2.75) is 110 Å². The molecule has 1 N–H and O–H groups in total. The van der Waals surface area contributed by atoms with Gasteiger partial charge in [0.15, 0.2) is 0 Å². The van der Waals surface area contributed by atoms with Gasteiger partial charge in [0, 0.05) is 19.2 Å². The summed E-state index contributed by atoms with van der Waals surface area (Å²) in [7, 11) is 3.69. The minimum Gasteiger partial charge on any atom is -0.456 e. The molecule has 2 aliphatic rings. The first kappa shape index (κ1) is 35.3. The van der Waals surface area contributed by atoms with Crippen LogP contribution in [0.25, 0.3) is 0 Å². The second kappa shape index (κ2) is 16.2. The molecule has 244 valence electrons. The Labute approximate surface area is 264 Å². The number of benzene rings is 1. The number of rotatable bonds is 12. The van der Waals surface area contributed by atoms with Crippen LogP contribution in [0.3, 0.4) is 0 Å².